The molecule has 0 saturated carbocycles. The first-order chi connectivity index (χ1) is 8.29. The monoisotopic (exact) mass is 268 g/mol. The number of hydrogen-bond acceptors (Lipinski definition) is 5. The maximum atomic E-state index is 5.58. The Morgan fingerprint density at radius 3 is 3.18 bits per heavy atom. The van der Waals surface area contributed by atoms with Crippen LogP contribution in [0, 0.1) is 5.92 Å². The number of hydrogen-bond donors (Lipinski definition) is 1. The molecule has 3 nitrogen and oxygen atoms in total. The molecule has 17 heavy (non-hydrogen) atoms. The molecule has 0 aromatic carbocycles. The summed E-state index contributed by atoms with van der Waals surface area (Å²) < 4.78 is 5.32. The molecule has 0 aliphatic rings. The highest BCUT2D eigenvalue weighted by Crippen LogP contribution is 2.25. The summed E-state index contributed by atoms with van der Waals surface area (Å²) in [5.41, 5.74) is 6.70. The number of thiazole rings is 1. The third kappa shape index (κ3) is 3.59. The quantitative estimate of drug-likeness (QED) is 0.874. The molecule has 5 heteroatoms. The van der Waals surface area contributed by atoms with Gasteiger partial charge in [-0.05, 0) is 30.3 Å². The molecule has 2 N–H and O–H groups in total. The van der Waals surface area contributed by atoms with E-state index in [9.17, 15) is 0 Å². The Labute approximate surface area is 109 Å². The minimum atomic E-state index is 0.572. The van der Waals surface area contributed by atoms with Gasteiger partial charge in [0.1, 0.15) is 0 Å². The number of rotatable bonds is 6. The molecular weight excluding hydrogens is 252 g/mol. The van der Waals surface area contributed by atoms with Crippen LogP contribution in [-0.2, 0) is 5.75 Å². The van der Waals surface area contributed by atoms with Crippen molar-refractivity contribution in [3.8, 4) is 10.8 Å². The first-order valence-corrected chi connectivity index (χ1v) is 7.59. The lowest BCUT2D eigenvalue weighted by Gasteiger charge is -2.05. The summed E-state index contributed by atoms with van der Waals surface area (Å²) in [6, 6.07) is 3.82. The molecule has 2 aromatic rings. The standard InChI is InChI=1S/C12H16N2OS2/c1-9(5-13)6-16-7-10-8-17-12(14-10)11-3-2-4-15-11/h2-4,8-9H,5-7,13H2,1H3. The van der Waals surface area contributed by atoms with Crippen LogP contribution < -0.4 is 5.73 Å². The van der Waals surface area contributed by atoms with Crippen molar-refractivity contribution in [1.82, 2.24) is 4.98 Å². The molecule has 0 fully saturated rings. The van der Waals surface area contributed by atoms with E-state index in [1.165, 1.54) is 0 Å². The topological polar surface area (TPSA) is 52.0 Å². The number of furan rings is 1. The third-order valence-electron chi connectivity index (χ3n) is 2.34. The first kappa shape index (κ1) is 12.7. The summed E-state index contributed by atoms with van der Waals surface area (Å²) >= 11 is 3.51. The largest absolute Gasteiger partial charge is 0.462 e. The summed E-state index contributed by atoms with van der Waals surface area (Å²) in [6.07, 6.45) is 1.67. The van der Waals surface area contributed by atoms with Crippen LogP contribution in [0.5, 0.6) is 0 Å². The zero-order valence-corrected chi connectivity index (χ0v) is 11.4. The lowest BCUT2D eigenvalue weighted by atomic mass is 10.2. The molecule has 0 spiro atoms. The molecular formula is C12H16N2OS2. The van der Waals surface area contributed by atoms with E-state index in [0.717, 1.165) is 34.5 Å². The molecule has 0 aliphatic carbocycles. The molecule has 0 amide bonds. The van der Waals surface area contributed by atoms with Crippen LogP contribution in [0.4, 0.5) is 0 Å². The molecule has 0 saturated heterocycles. The van der Waals surface area contributed by atoms with E-state index < -0.39 is 0 Å². The summed E-state index contributed by atoms with van der Waals surface area (Å²) in [5, 5.41) is 3.05. The fourth-order valence-electron chi connectivity index (χ4n) is 1.32. The van der Waals surface area contributed by atoms with Crippen LogP contribution >= 0.6 is 23.1 Å². The average molecular weight is 268 g/mol. The highest BCUT2D eigenvalue weighted by Gasteiger charge is 2.07. The normalized spacial score (nSPS) is 12.8. The number of nitrogens with zero attached hydrogens (tertiary/aromatic N) is 1. The van der Waals surface area contributed by atoms with Crippen molar-refractivity contribution in [2.75, 3.05) is 12.3 Å². The second-order valence-corrected chi connectivity index (χ2v) is 5.87. The van der Waals surface area contributed by atoms with Gasteiger partial charge in [0.25, 0.3) is 0 Å². The predicted octanol–water partition coefficient (Wildman–Crippen LogP) is 3.23. The van der Waals surface area contributed by atoms with E-state index >= 15 is 0 Å². The van der Waals surface area contributed by atoms with Crippen molar-refractivity contribution in [2.24, 2.45) is 11.7 Å². The lowest BCUT2D eigenvalue weighted by molar-refractivity contribution is 0.581. The minimum Gasteiger partial charge on any atom is -0.462 e. The Balaban J connectivity index is 1.87. The van der Waals surface area contributed by atoms with Gasteiger partial charge in [0, 0.05) is 11.1 Å². The molecule has 1 unspecified atom stereocenters. The summed E-state index contributed by atoms with van der Waals surface area (Å²) in [4.78, 5) is 4.55. The van der Waals surface area contributed by atoms with Crippen LogP contribution in [0.2, 0.25) is 0 Å². The molecule has 1 atom stereocenters. The number of thioether (sulfide) groups is 1. The number of nitrogens with two attached hydrogens (primary N) is 1. The third-order valence-corrected chi connectivity index (χ3v) is 4.55. The number of aromatic nitrogens is 1. The van der Waals surface area contributed by atoms with Crippen LogP contribution in [-0.4, -0.2) is 17.3 Å². The van der Waals surface area contributed by atoms with Crippen LogP contribution in [0.25, 0.3) is 10.8 Å². The van der Waals surface area contributed by atoms with E-state index in [0.29, 0.717) is 5.92 Å². The van der Waals surface area contributed by atoms with Gasteiger partial charge in [-0.1, -0.05) is 6.92 Å². The minimum absolute atomic E-state index is 0.572. The second-order valence-electron chi connectivity index (χ2n) is 3.98. The van der Waals surface area contributed by atoms with Gasteiger partial charge >= 0.3 is 0 Å². The Hall–Kier alpha value is -0.780. The van der Waals surface area contributed by atoms with Crippen molar-refractivity contribution in [3.63, 3.8) is 0 Å². The van der Waals surface area contributed by atoms with E-state index in [4.69, 9.17) is 10.2 Å². The molecule has 92 valence electrons. The van der Waals surface area contributed by atoms with E-state index in [2.05, 4.69) is 17.3 Å². The van der Waals surface area contributed by atoms with Gasteiger partial charge in [0.15, 0.2) is 10.8 Å². The maximum Gasteiger partial charge on any atom is 0.162 e. The Kier molecular flexibility index (Phi) is 4.65. The van der Waals surface area contributed by atoms with Crippen molar-refractivity contribution < 1.29 is 4.42 Å². The average Bonchev–Trinajstić information content (AvgIpc) is 2.98. The fraction of sp³-hybridized carbons (Fsp3) is 0.417. The smallest absolute Gasteiger partial charge is 0.162 e. The van der Waals surface area contributed by atoms with E-state index in [1.807, 2.05) is 23.9 Å². The van der Waals surface area contributed by atoms with Gasteiger partial charge in [-0.2, -0.15) is 11.8 Å². The Morgan fingerprint density at radius 2 is 2.47 bits per heavy atom. The molecule has 0 bridgehead atoms. The van der Waals surface area contributed by atoms with Gasteiger partial charge in [-0.3, -0.25) is 0 Å². The molecule has 2 heterocycles. The summed E-state index contributed by atoms with van der Waals surface area (Å²) in [6.45, 7) is 2.92. The first-order valence-electron chi connectivity index (χ1n) is 5.55. The molecule has 0 aliphatic heterocycles. The Morgan fingerprint density at radius 1 is 1.59 bits per heavy atom. The highest BCUT2D eigenvalue weighted by atomic mass is 32.2. The van der Waals surface area contributed by atoms with Crippen LogP contribution in [0.15, 0.2) is 28.2 Å². The van der Waals surface area contributed by atoms with Crippen molar-refractivity contribution in [3.05, 3.63) is 29.5 Å². The van der Waals surface area contributed by atoms with E-state index in [1.54, 1.807) is 17.6 Å². The molecule has 2 rings (SSSR count). The zero-order valence-electron chi connectivity index (χ0n) is 9.76. The zero-order chi connectivity index (χ0) is 12.1. The van der Waals surface area contributed by atoms with E-state index in [-0.39, 0.29) is 0 Å². The van der Waals surface area contributed by atoms with Gasteiger partial charge in [0.05, 0.1) is 12.0 Å². The molecule has 0 radical (unpaired) electrons. The van der Waals surface area contributed by atoms with Gasteiger partial charge in [-0.25, -0.2) is 4.98 Å². The summed E-state index contributed by atoms with van der Waals surface area (Å²) in [5.74, 6) is 3.45. The summed E-state index contributed by atoms with van der Waals surface area (Å²) in [7, 11) is 0. The second kappa shape index (κ2) is 6.23. The lowest BCUT2D eigenvalue weighted by Crippen LogP contribution is -2.12. The van der Waals surface area contributed by atoms with Gasteiger partial charge in [0.2, 0.25) is 0 Å². The van der Waals surface area contributed by atoms with Gasteiger partial charge < -0.3 is 10.2 Å². The molecule has 2 aromatic heterocycles. The fourth-order valence-corrected chi connectivity index (χ4v) is 3.22. The Bertz CT molecular complexity index is 439. The van der Waals surface area contributed by atoms with Gasteiger partial charge in [-0.15, -0.1) is 11.3 Å². The van der Waals surface area contributed by atoms with Crippen LogP contribution in [0.1, 0.15) is 12.6 Å². The predicted molar refractivity (Wildman–Crippen MR) is 74.2 cm³/mol. The van der Waals surface area contributed by atoms with Crippen molar-refractivity contribution >= 4 is 23.1 Å². The van der Waals surface area contributed by atoms with Crippen molar-refractivity contribution in [2.45, 2.75) is 12.7 Å². The SMILES string of the molecule is CC(CN)CSCc1csc(-c2ccco2)n1. The maximum absolute atomic E-state index is 5.58. The van der Waals surface area contributed by atoms with Crippen LogP contribution in [0.3, 0.4) is 0 Å². The highest BCUT2D eigenvalue weighted by molar-refractivity contribution is 7.98. The van der Waals surface area contributed by atoms with Crippen molar-refractivity contribution in [1.29, 1.82) is 0 Å².